The molecule has 1 aromatic carbocycles. The number of amides is 3. The van der Waals surface area contributed by atoms with E-state index in [1.807, 2.05) is 23.6 Å². The van der Waals surface area contributed by atoms with E-state index < -0.39 is 0 Å². The highest BCUT2D eigenvalue weighted by atomic mass is 79.9. The molecule has 0 atom stereocenters. The van der Waals surface area contributed by atoms with Gasteiger partial charge in [-0.25, -0.2) is 0 Å². The van der Waals surface area contributed by atoms with Crippen LogP contribution < -0.4 is 0 Å². The standard InChI is InChI=1S/C21H17BrN2O4S/c22-14-5-6-17-18(11-14)21(27)24(20(17)26)8-7-19(25)23(12-15-3-1-9-28-15)13-16-4-2-10-29-16/h1-6,9-11H,7-8,12-13H2. The van der Waals surface area contributed by atoms with Crippen LogP contribution in [0.3, 0.4) is 0 Å². The molecule has 0 aliphatic carbocycles. The normalized spacial score (nSPS) is 13.1. The summed E-state index contributed by atoms with van der Waals surface area (Å²) in [5.41, 5.74) is 0.736. The van der Waals surface area contributed by atoms with Crippen molar-refractivity contribution in [2.75, 3.05) is 6.54 Å². The Kier molecular flexibility index (Phi) is 5.64. The quantitative estimate of drug-likeness (QED) is 0.480. The molecule has 3 amide bonds. The first-order valence-electron chi connectivity index (χ1n) is 9.01. The summed E-state index contributed by atoms with van der Waals surface area (Å²) < 4.78 is 6.12. The van der Waals surface area contributed by atoms with Crippen LogP contribution in [0.2, 0.25) is 0 Å². The predicted octanol–water partition coefficient (Wildman–Crippen LogP) is 4.32. The van der Waals surface area contributed by atoms with Crippen LogP contribution in [0.4, 0.5) is 0 Å². The van der Waals surface area contributed by atoms with E-state index in [0.29, 0.717) is 30.0 Å². The minimum absolute atomic E-state index is 0.0435. The second-order valence-corrected chi connectivity index (χ2v) is 8.56. The van der Waals surface area contributed by atoms with E-state index in [0.717, 1.165) is 14.2 Å². The van der Waals surface area contributed by atoms with Crippen molar-refractivity contribution in [3.8, 4) is 0 Å². The van der Waals surface area contributed by atoms with Gasteiger partial charge in [-0.3, -0.25) is 19.3 Å². The number of halogens is 1. The first-order chi connectivity index (χ1) is 14.0. The van der Waals surface area contributed by atoms with E-state index in [1.165, 1.54) is 0 Å². The Morgan fingerprint density at radius 3 is 2.62 bits per heavy atom. The third-order valence-electron chi connectivity index (χ3n) is 4.69. The van der Waals surface area contributed by atoms with Crippen molar-refractivity contribution in [1.29, 1.82) is 0 Å². The van der Waals surface area contributed by atoms with Crippen LogP contribution in [0.1, 0.15) is 37.8 Å². The Bertz CT molecular complexity index is 1010. The van der Waals surface area contributed by atoms with Gasteiger partial charge in [0.25, 0.3) is 11.8 Å². The molecular formula is C21H17BrN2O4S. The average Bonchev–Trinajstić information content (AvgIpc) is 3.44. The number of carbonyl (C=O) groups is 3. The minimum atomic E-state index is -0.366. The van der Waals surface area contributed by atoms with Gasteiger partial charge in [0.2, 0.25) is 5.91 Å². The number of furan rings is 1. The summed E-state index contributed by atoms with van der Waals surface area (Å²) in [7, 11) is 0. The highest BCUT2D eigenvalue weighted by molar-refractivity contribution is 9.10. The topological polar surface area (TPSA) is 70.8 Å². The SMILES string of the molecule is O=C(CCN1C(=O)c2ccc(Br)cc2C1=O)N(Cc1ccco1)Cc1cccs1. The van der Waals surface area contributed by atoms with E-state index >= 15 is 0 Å². The molecule has 3 heterocycles. The van der Waals surface area contributed by atoms with Crippen molar-refractivity contribution in [2.45, 2.75) is 19.5 Å². The van der Waals surface area contributed by atoms with Crippen LogP contribution in [0, 0.1) is 0 Å². The summed E-state index contributed by atoms with van der Waals surface area (Å²) in [5, 5.41) is 1.96. The number of nitrogens with zero attached hydrogens (tertiary/aromatic N) is 2. The van der Waals surface area contributed by atoms with Crippen molar-refractivity contribution in [1.82, 2.24) is 9.80 Å². The Balaban J connectivity index is 1.45. The number of fused-ring (bicyclic) bond motifs is 1. The number of imide groups is 1. The molecule has 29 heavy (non-hydrogen) atoms. The van der Waals surface area contributed by atoms with E-state index in [1.54, 1.807) is 46.8 Å². The molecule has 3 aromatic rings. The van der Waals surface area contributed by atoms with Crippen molar-refractivity contribution in [3.05, 3.63) is 80.3 Å². The summed E-state index contributed by atoms with van der Waals surface area (Å²) in [4.78, 5) is 42.0. The zero-order valence-corrected chi connectivity index (χ0v) is 17.7. The number of rotatable bonds is 7. The summed E-state index contributed by atoms with van der Waals surface area (Å²) in [5.74, 6) is -0.191. The van der Waals surface area contributed by atoms with Gasteiger partial charge in [-0.2, -0.15) is 0 Å². The van der Waals surface area contributed by atoms with Crippen LogP contribution in [-0.4, -0.2) is 34.1 Å². The highest BCUT2D eigenvalue weighted by Crippen LogP contribution is 2.26. The molecule has 0 N–H and O–H groups in total. The summed E-state index contributed by atoms with van der Waals surface area (Å²) in [6.45, 7) is 0.826. The second-order valence-electron chi connectivity index (χ2n) is 6.61. The summed E-state index contributed by atoms with van der Waals surface area (Å²) in [6.07, 6.45) is 1.62. The first kappa shape index (κ1) is 19.6. The van der Waals surface area contributed by atoms with Crippen molar-refractivity contribution in [3.63, 3.8) is 0 Å². The van der Waals surface area contributed by atoms with Crippen LogP contribution in [-0.2, 0) is 17.9 Å². The monoisotopic (exact) mass is 472 g/mol. The Morgan fingerprint density at radius 2 is 1.90 bits per heavy atom. The molecule has 0 saturated heterocycles. The van der Waals surface area contributed by atoms with Gasteiger partial charge < -0.3 is 9.32 Å². The van der Waals surface area contributed by atoms with Crippen molar-refractivity contribution < 1.29 is 18.8 Å². The van der Waals surface area contributed by atoms with E-state index in [9.17, 15) is 14.4 Å². The zero-order valence-electron chi connectivity index (χ0n) is 15.3. The van der Waals surface area contributed by atoms with Crippen LogP contribution in [0.25, 0.3) is 0 Å². The summed E-state index contributed by atoms with van der Waals surface area (Å²) in [6, 6.07) is 12.5. The fraction of sp³-hybridized carbons (Fsp3) is 0.190. The maximum Gasteiger partial charge on any atom is 0.261 e. The van der Waals surface area contributed by atoms with E-state index in [-0.39, 0.29) is 30.7 Å². The number of hydrogen-bond acceptors (Lipinski definition) is 5. The van der Waals surface area contributed by atoms with E-state index in [2.05, 4.69) is 15.9 Å². The van der Waals surface area contributed by atoms with Gasteiger partial charge in [0.05, 0.1) is 30.5 Å². The lowest BCUT2D eigenvalue weighted by Crippen LogP contribution is -2.36. The van der Waals surface area contributed by atoms with Gasteiger partial charge in [-0.15, -0.1) is 11.3 Å². The fourth-order valence-corrected chi connectivity index (χ4v) is 4.33. The lowest BCUT2D eigenvalue weighted by Gasteiger charge is -2.22. The van der Waals surface area contributed by atoms with E-state index in [4.69, 9.17) is 4.42 Å². The third-order valence-corrected chi connectivity index (χ3v) is 6.04. The fourth-order valence-electron chi connectivity index (χ4n) is 3.25. The zero-order chi connectivity index (χ0) is 20.4. The van der Waals surface area contributed by atoms with Crippen LogP contribution in [0.15, 0.2) is 63.0 Å². The molecule has 0 spiro atoms. The van der Waals surface area contributed by atoms with Crippen molar-refractivity contribution in [2.24, 2.45) is 0 Å². The minimum Gasteiger partial charge on any atom is -0.467 e. The molecule has 0 bridgehead atoms. The summed E-state index contributed by atoms with van der Waals surface area (Å²) >= 11 is 4.89. The largest absolute Gasteiger partial charge is 0.467 e. The number of carbonyl (C=O) groups excluding carboxylic acids is 3. The molecule has 0 saturated carbocycles. The molecule has 2 aromatic heterocycles. The van der Waals surface area contributed by atoms with Gasteiger partial charge in [-0.05, 0) is 41.8 Å². The molecule has 6 nitrogen and oxygen atoms in total. The molecule has 0 radical (unpaired) electrons. The Morgan fingerprint density at radius 1 is 1.07 bits per heavy atom. The Labute approximate surface area is 179 Å². The van der Waals surface area contributed by atoms with Gasteiger partial charge in [0.15, 0.2) is 0 Å². The maximum absolute atomic E-state index is 12.9. The molecule has 1 aliphatic rings. The average molecular weight is 473 g/mol. The molecule has 4 rings (SSSR count). The maximum atomic E-state index is 12.9. The molecular weight excluding hydrogens is 456 g/mol. The first-order valence-corrected chi connectivity index (χ1v) is 10.7. The molecule has 148 valence electrons. The molecule has 1 aliphatic heterocycles. The van der Waals surface area contributed by atoms with Crippen molar-refractivity contribution >= 4 is 45.0 Å². The van der Waals surface area contributed by atoms with Gasteiger partial charge in [0, 0.05) is 22.3 Å². The number of benzene rings is 1. The lowest BCUT2D eigenvalue weighted by atomic mass is 10.1. The lowest BCUT2D eigenvalue weighted by molar-refractivity contribution is -0.132. The van der Waals surface area contributed by atoms with Gasteiger partial charge >= 0.3 is 0 Å². The van der Waals surface area contributed by atoms with Gasteiger partial charge in [-0.1, -0.05) is 22.0 Å². The van der Waals surface area contributed by atoms with Crippen LogP contribution in [0.5, 0.6) is 0 Å². The number of hydrogen-bond donors (Lipinski definition) is 0. The molecule has 8 heteroatoms. The molecule has 0 unspecified atom stereocenters. The second kappa shape index (κ2) is 8.34. The Hall–Kier alpha value is -2.71. The van der Waals surface area contributed by atoms with Gasteiger partial charge in [0.1, 0.15) is 5.76 Å². The van der Waals surface area contributed by atoms with Crippen LogP contribution >= 0.6 is 27.3 Å². The highest BCUT2D eigenvalue weighted by Gasteiger charge is 2.35. The molecule has 0 fully saturated rings. The smallest absolute Gasteiger partial charge is 0.261 e. The number of thiophene rings is 1. The third kappa shape index (κ3) is 4.18. The predicted molar refractivity (Wildman–Crippen MR) is 111 cm³/mol.